The second-order valence-corrected chi connectivity index (χ2v) is 4.52. The molecular formula is C14H12F2N4O. The van der Waals surface area contributed by atoms with Gasteiger partial charge in [-0.3, -0.25) is 4.40 Å². The molecule has 0 unspecified atom stereocenters. The molecule has 1 aromatic carbocycles. The Morgan fingerprint density at radius 3 is 2.81 bits per heavy atom. The third-order valence-electron chi connectivity index (χ3n) is 3.14. The van der Waals surface area contributed by atoms with Gasteiger partial charge in [0.1, 0.15) is 0 Å². The molecule has 3 rings (SSSR count). The van der Waals surface area contributed by atoms with Gasteiger partial charge < -0.3 is 10.4 Å². The lowest BCUT2D eigenvalue weighted by molar-refractivity contribution is 0.399. The molecule has 0 spiro atoms. The number of nitrogens with zero attached hydrogens (tertiary/aromatic N) is 3. The highest BCUT2D eigenvalue weighted by molar-refractivity contribution is 5.37. The number of pyridine rings is 1. The molecule has 0 fully saturated rings. The molecule has 108 valence electrons. The maximum absolute atomic E-state index is 13.2. The molecule has 21 heavy (non-hydrogen) atoms. The number of rotatable bonds is 4. The van der Waals surface area contributed by atoms with Crippen LogP contribution in [0.5, 0.6) is 5.75 Å². The Balaban J connectivity index is 1.70. The first-order valence-electron chi connectivity index (χ1n) is 6.32. The third kappa shape index (κ3) is 2.55. The summed E-state index contributed by atoms with van der Waals surface area (Å²) in [5.74, 6) is -2.29. The smallest absolute Gasteiger partial charge is 0.200 e. The van der Waals surface area contributed by atoms with Crippen molar-refractivity contribution < 1.29 is 13.9 Å². The number of aromatic hydroxyl groups is 1. The maximum atomic E-state index is 13.2. The monoisotopic (exact) mass is 290 g/mol. The summed E-state index contributed by atoms with van der Waals surface area (Å²) in [5, 5.41) is 20.6. The number of hydrogen-bond donors (Lipinski definition) is 2. The summed E-state index contributed by atoms with van der Waals surface area (Å²) < 4.78 is 27.9. The molecule has 2 heterocycles. The van der Waals surface area contributed by atoms with Crippen molar-refractivity contribution in [1.82, 2.24) is 19.9 Å². The van der Waals surface area contributed by atoms with Crippen LogP contribution in [0.4, 0.5) is 8.78 Å². The largest absolute Gasteiger partial charge is 0.505 e. The molecule has 5 nitrogen and oxygen atoms in total. The first-order chi connectivity index (χ1) is 10.2. The van der Waals surface area contributed by atoms with Crippen LogP contribution in [0.2, 0.25) is 0 Å². The fourth-order valence-electron chi connectivity index (χ4n) is 2.04. The Hall–Kier alpha value is -2.54. The number of fused-ring (bicyclic) bond motifs is 1. The lowest BCUT2D eigenvalue weighted by Gasteiger charge is -2.07. The molecule has 0 radical (unpaired) electrons. The van der Waals surface area contributed by atoms with Gasteiger partial charge >= 0.3 is 0 Å². The van der Waals surface area contributed by atoms with Gasteiger partial charge in [0, 0.05) is 18.3 Å². The van der Waals surface area contributed by atoms with Crippen LogP contribution < -0.4 is 5.32 Å². The standard InChI is InChI=1S/C14H12F2N4O/c15-10-5-4-9(14(21)13(10)16)7-17-8-12-19-18-11-3-1-2-6-20(11)12/h1-6,17,21H,7-8H2. The first kappa shape index (κ1) is 13.4. The van der Waals surface area contributed by atoms with Crippen LogP contribution in [0.1, 0.15) is 11.4 Å². The van der Waals surface area contributed by atoms with E-state index in [1.165, 1.54) is 6.07 Å². The van der Waals surface area contributed by atoms with E-state index in [1.807, 2.05) is 28.8 Å². The normalized spacial score (nSPS) is 11.1. The highest BCUT2D eigenvalue weighted by Crippen LogP contribution is 2.23. The van der Waals surface area contributed by atoms with Gasteiger partial charge in [-0.25, -0.2) is 4.39 Å². The van der Waals surface area contributed by atoms with Crippen LogP contribution in [-0.2, 0) is 13.1 Å². The van der Waals surface area contributed by atoms with Crippen LogP contribution in [-0.4, -0.2) is 19.7 Å². The number of nitrogens with one attached hydrogen (secondary N) is 1. The Labute approximate surface area is 118 Å². The van der Waals surface area contributed by atoms with E-state index in [-0.39, 0.29) is 12.1 Å². The van der Waals surface area contributed by atoms with Crippen molar-refractivity contribution in [3.63, 3.8) is 0 Å². The van der Waals surface area contributed by atoms with Crippen LogP contribution >= 0.6 is 0 Å². The minimum Gasteiger partial charge on any atom is -0.505 e. The predicted octanol–water partition coefficient (Wildman–Crippen LogP) is 2.00. The van der Waals surface area contributed by atoms with Gasteiger partial charge in [-0.15, -0.1) is 10.2 Å². The molecule has 7 heteroatoms. The van der Waals surface area contributed by atoms with Crippen molar-refractivity contribution in [2.45, 2.75) is 13.1 Å². The maximum Gasteiger partial charge on any atom is 0.200 e. The second kappa shape index (κ2) is 5.45. The zero-order valence-electron chi connectivity index (χ0n) is 10.9. The van der Waals surface area contributed by atoms with Crippen LogP contribution in [0.3, 0.4) is 0 Å². The fourth-order valence-corrected chi connectivity index (χ4v) is 2.04. The summed E-state index contributed by atoms with van der Waals surface area (Å²) in [5.41, 5.74) is 1.01. The van der Waals surface area contributed by atoms with Crippen molar-refractivity contribution in [1.29, 1.82) is 0 Å². The zero-order valence-corrected chi connectivity index (χ0v) is 10.9. The van der Waals surface area contributed by atoms with E-state index in [9.17, 15) is 13.9 Å². The first-order valence-corrected chi connectivity index (χ1v) is 6.32. The topological polar surface area (TPSA) is 62.5 Å². The zero-order chi connectivity index (χ0) is 14.8. The molecule has 0 bridgehead atoms. The van der Waals surface area contributed by atoms with E-state index < -0.39 is 17.4 Å². The van der Waals surface area contributed by atoms with Gasteiger partial charge in [-0.1, -0.05) is 12.1 Å². The molecule has 2 aromatic heterocycles. The minimum absolute atomic E-state index is 0.185. The van der Waals surface area contributed by atoms with Gasteiger partial charge in [0.2, 0.25) is 5.82 Å². The lowest BCUT2D eigenvalue weighted by Crippen LogP contribution is -2.15. The molecule has 0 aliphatic carbocycles. The summed E-state index contributed by atoms with van der Waals surface area (Å²) in [6.07, 6.45) is 1.83. The van der Waals surface area contributed by atoms with Gasteiger partial charge in [0.25, 0.3) is 0 Å². The molecule has 3 aromatic rings. The Morgan fingerprint density at radius 1 is 1.10 bits per heavy atom. The van der Waals surface area contributed by atoms with Crippen molar-refractivity contribution >= 4 is 5.65 Å². The highest BCUT2D eigenvalue weighted by Gasteiger charge is 2.12. The van der Waals surface area contributed by atoms with Crippen molar-refractivity contribution in [2.75, 3.05) is 0 Å². The molecule has 0 atom stereocenters. The summed E-state index contributed by atoms with van der Waals surface area (Å²) >= 11 is 0. The molecule has 0 saturated heterocycles. The van der Waals surface area contributed by atoms with Crippen molar-refractivity contribution in [3.8, 4) is 5.75 Å². The summed E-state index contributed by atoms with van der Waals surface area (Å²) in [4.78, 5) is 0. The highest BCUT2D eigenvalue weighted by atomic mass is 19.2. The van der Waals surface area contributed by atoms with E-state index in [4.69, 9.17) is 0 Å². The van der Waals surface area contributed by atoms with E-state index in [0.717, 1.165) is 11.7 Å². The predicted molar refractivity (Wildman–Crippen MR) is 71.6 cm³/mol. The molecule has 0 amide bonds. The molecule has 0 saturated carbocycles. The fraction of sp³-hybridized carbons (Fsp3) is 0.143. The quantitative estimate of drug-likeness (QED) is 0.771. The Bertz CT molecular complexity index is 788. The average molecular weight is 290 g/mol. The van der Waals surface area contributed by atoms with E-state index in [0.29, 0.717) is 12.4 Å². The van der Waals surface area contributed by atoms with Crippen molar-refractivity contribution in [3.05, 3.63) is 59.6 Å². The number of halogens is 2. The van der Waals surface area contributed by atoms with Gasteiger partial charge in [0.05, 0.1) is 6.54 Å². The van der Waals surface area contributed by atoms with Crippen LogP contribution in [0.15, 0.2) is 36.5 Å². The number of hydrogen-bond acceptors (Lipinski definition) is 4. The van der Waals surface area contributed by atoms with E-state index in [2.05, 4.69) is 15.5 Å². The van der Waals surface area contributed by atoms with Gasteiger partial charge in [-0.2, -0.15) is 4.39 Å². The summed E-state index contributed by atoms with van der Waals surface area (Å²) in [6, 6.07) is 7.88. The van der Waals surface area contributed by atoms with E-state index in [1.54, 1.807) is 0 Å². The lowest BCUT2D eigenvalue weighted by atomic mass is 10.2. The SMILES string of the molecule is Oc1c(CNCc2nnc3ccccn23)ccc(F)c1F. The second-order valence-electron chi connectivity index (χ2n) is 4.52. The van der Waals surface area contributed by atoms with Crippen LogP contribution in [0.25, 0.3) is 5.65 Å². The molecular weight excluding hydrogens is 278 g/mol. The Kier molecular flexibility index (Phi) is 3.49. The molecule has 0 aliphatic rings. The number of aromatic nitrogens is 3. The molecule has 2 N–H and O–H groups in total. The summed E-state index contributed by atoms with van der Waals surface area (Å²) in [7, 11) is 0. The average Bonchev–Trinajstić information content (AvgIpc) is 2.91. The van der Waals surface area contributed by atoms with E-state index >= 15 is 0 Å². The van der Waals surface area contributed by atoms with Crippen LogP contribution in [0, 0.1) is 11.6 Å². The van der Waals surface area contributed by atoms with Crippen molar-refractivity contribution in [2.24, 2.45) is 0 Å². The molecule has 0 aliphatic heterocycles. The summed E-state index contributed by atoms with van der Waals surface area (Å²) in [6.45, 7) is 0.564. The number of benzene rings is 1. The minimum atomic E-state index is -1.23. The number of phenolic OH excluding ortho intramolecular Hbond substituents is 1. The third-order valence-corrected chi connectivity index (χ3v) is 3.14. The Morgan fingerprint density at radius 2 is 1.95 bits per heavy atom. The van der Waals surface area contributed by atoms with Gasteiger partial charge in [-0.05, 0) is 18.2 Å². The number of phenols is 1. The van der Waals surface area contributed by atoms with Gasteiger partial charge in [0.15, 0.2) is 23.0 Å².